The van der Waals surface area contributed by atoms with Crippen molar-refractivity contribution in [1.82, 2.24) is 5.06 Å². The summed E-state index contributed by atoms with van der Waals surface area (Å²) in [5.41, 5.74) is 6.59. The molecule has 0 aliphatic carbocycles. The summed E-state index contributed by atoms with van der Waals surface area (Å²) < 4.78 is 0. The molecule has 1 aromatic carbocycles. The highest BCUT2D eigenvalue weighted by atomic mass is 16.7. The number of aliphatic carboxylic acids is 1. The molecule has 1 atom stereocenters. The van der Waals surface area contributed by atoms with Crippen molar-refractivity contribution < 1.29 is 19.5 Å². The molecule has 0 amide bonds. The number of carboxylic acid groups (broad SMARTS) is 1. The Hall–Kier alpha value is -1.98. The van der Waals surface area contributed by atoms with E-state index in [1.54, 1.807) is 5.94 Å². The molecule has 0 saturated carbocycles. The van der Waals surface area contributed by atoms with Crippen molar-refractivity contribution >= 4 is 11.9 Å². The molecule has 6 heteroatoms. The number of benzene rings is 1. The standard InChI is InChI=1S/C19H28N2O4/c1-2-3-7-13-21(25-15-16-9-5-4-6-10-16)18(19(23)24)17(14-22)11-8-12-20/h4-6,9-10,18H,2-3,7-8,11-13,15,20H2,1H3,(H,23,24). The number of unbranched alkanes of at least 4 members (excludes halogenated alkanes) is 2. The first kappa shape index (κ1) is 21.1. The van der Waals surface area contributed by atoms with Gasteiger partial charge < -0.3 is 10.8 Å². The molecule has 3 N–H and O–H groups in total. The van der Waals surface area contributed by atoms with Crippen molar-refractivity contribution in [1.29, 1.82) is 0 Å². The molecule has 0 aliphatic rings. The maximum absolute atomic E-state index is 11.8. The number of rotatable bonds is 13. The number of nitrogens with zero attached hydrogens (tertiary/aromatic N) is 1. The zero-order valence-corrected chi connectivity index (χ0v) is 14.8. The zero-order valence-electron chi connectivity index (χ0n) is 14.8. The zero-order chi connectivity index (χ0) is 18.5. The molecule has 0 saturated heterocycles. The molecule has 1 rings (SSSR count). The molecule has 0 heterocycles. The van der Waals surface area contributed by atoms with Gasteiger partial charge in [-0.2, -0.15) is 5.06 Å². The van der Waals surface area contributed by atoms with E-state index in [-0.39, 0.29) is 12.2 Å². The van der Waals surface area contributed by atoms with Crippen LogP contribution in [-0.4, -0.2) is 41.2 Å². The quantitative estimate of drug-likeness (QED) is 0.323. The van der Waals surface area contributed by atoms with E-state index in [4.69, 9.17) is 10.6 Å². The Bertz CT molecular complexity index is 556. The van der Waals surface area contributed by atoms with E-state index in [1.807, 2.05) is 30.3 Å². The van der Waals surface area contributed by atoms with Gasteiger partial charge in [0.05, 0.1) is 6.61 Å². The van der Waals surface area contributed by atoms with Crippen LogP contribution in [0.3, 0.4) is 0 Å². The van der Waals surface area contributed by atoms with E-state index >= 15 is 0 Å². The van der Waals surface area contributed by atoms with Gasteiger partial charge in [-0.1, -0.05) is 50.1 Å². The second-order valence-electron chi connectivity index (χ2n) is 5.87. The van der Waals surface area contributed by atoms with Crippen molar-refractivity contribution in [2.45, 2.75) is 51.7 Å². The third kappa shape index (κ3) is 7.63. The molecule has 0 radical (unpaired) electrons. The Labute approximate surface area is 149 Å². The summed E-state index contributed by atoms with van der Waals surface area (Å²) in [4.78, 5) is 28.9. The summed E-state index contributed by atoms with van der Waals surface area (Å²) in [6.07, 6.45) is 3.60. The topological polar surface area (TPSA) is 92.9 Å². The molecule has 0 bridgehead atoms. The molecule has 138 valence electrons. The Morgan fingerprint density at radius 1 is 1.28 bits per heavy atom. The Kier molecular flexibility index (Phi) is 10.4. The number of hydroxylamine groups is 2. The summed E-state index contributed by atoms with van der Waals surface area (Å²) in [5.74, 6) is 0.685. The second-order valence-corrected chi connectivity index (χ2v) is 5.87. The maximum atomic E-state index is 11.8. The van der Waals surface area contributed by atoms with Gasteiger partial charge in [0, 0.05) is 12.1 Å². The normalized spacial score (nSPS) is 12.0. The summed E-state index contributed by atoms with van der Waals surface area (Å²) in [6.45, 7) is 3.14. The molecular formula is C19H28N2O4. The van der Waals surface area contributed by atoms with Crippen LogP contribution in [0.1, 0.15) is 44.6 Å². The van der Waals surface area contributed by atoms with Gasteiger partial charge in [0.25, 0.3) is 0 Å². The molecule has 6 nitrogen and oxygen atoms in total. The van der Waals surface area contributed by atoms with E-state index in [0.717, 1.165) is 24.8 Å². The number of carbonyl (C=O) groups is 1. The van der Waals surface area contributed by atoms with E-state index in [1.165, 1.54) is 5.06 Å². The average molecular weight is 348 g/mol. The van der Waals surface area contributed by atoms with Crippen molar-refractivity contribution in [3.63, 3.8) is 0 Å². The highest BCUT2D eigenvalue weighted by Gasteiger charge is 2.31. The smallest absolute Gasteiger partial charge is 0.328 e. The van der Waals surface area contributed by atoms with E-state index in [0.29, 0.717) is 25.9 Å². The first-order valence-corrected chi connectivity index (χ1v) is 8.74. The molecule has 25 heavy (non-hydrogen) atoms. The molecule has 0 aromatic heterocycles. The summed E-state index contributed by atoms with van der Waals surface area (Å²) in [7, 11) is 0. The van der Waals surface area contributed by atoms with Crippen LogP contribution in [0.2, 0.25) is 0 Å². The Morgan fingerprint density at radius 3 is 2.56 bits per heavy atom. The highest BCUT2D eigenvalue weighted by molar-refractivity contribution is 5.81. The predicted octanol–water partition coefficient (Wildman–Crippen LogP) is 2.56. The lowest BCUT2D eigenvalue weighted by molar-refractivity contribution is -0.200. The van der Waals surface area contributed by atoms with Crippen LogP contribution in [0.25, 0.3) is 0 Å². The third-order valence-corrected chi connectivity index (χ3v) is 3.86. The fraction of sp³-hybridized carbons (Fsp3) is 0.526. The number of hydrogen-bond donors (Lipinski definition) is 2. The van der Waals surface area contributed by atoms with Gasteiger partial charge in [-0.05, 0) is 31.4 Å². The number of nitrogens with two attached hydrogens (primary N) is 1. The Balaban J connectivity index is 2.90. The number of hydrogen-bond acceptors (Lipinski definition) is 5. The SMILES string of the molecule is CCCCCN(OCc1ccccc1)C(C(=O)O)C(=C=O)CCCN. The minimum absolute atomic E-state index is 0.169. The van der Waals surface area contributed by atoms with Crippen molar-refractivity contribution in [3.05, 3.63) is 41.5 Å². The van der Waals surface area contributed by atoms with Crippen molar-refractivity contribution in [3.8, 4) is 0 Å². The van der Waals surface area contributed by atoms with Crippen LogP contribution in [0.15, 0.2) is 35.9 Å². The average Bonchev–Trinajstić information content (AvgIpc) is 2.62. The summed E-state index contributed by atoms with van der Waals surface area (Å²) >= 11 is 0. The number of carboxylic acids is 1. The van der Waals surface area contributed by atoms with Gasteiger partial charge in [-0.15, -0.1) is 0 Å². The van der Waals surface area contributed by atoms with Crippen LogP contribution < -0.4 is 5.73 Å². The molecular weight excluding hydrogens is 320 g/mol. The van der Waals surface area contributed by atoms with Gasteiger partial charge in [0.1, 0.15) is 5.94 Å². The highest BCUT2D eigenvalue weighted by Crippen LogP contribution is 2.17. The van der Waals surface area contributed by atoms with Crippen LogP contribution in [-0.2, 0) is 21.0 Å². The van der Waals surface area contributed by atoms with Gasteiger partial charge >= 0.3 is 5.97 Å². The first-order valence-electron chi connectivity index (χ1n) is 8.74. The van der Waals surface area contributed by atoms with Gasteiger partial charge in [-0.25, -0.2) is 4.79 Å². The van der Waals surface area contributed by atoms with Crippen molar-refractivity contribution in [2.75, 3.05) is 13.1 Å². The van der Waals surface area contributed by atoms with E-state index < -0.39 is 12.0 Å². The van der Waals surface area contributed by atoms with Crippen LogP contribution in [0.4, 0.5) is 0 Å². The van der Waals surface area contributed by atoms with Crippen molar-refractivity contribution in [2.24, 2.45) is 5.73 Å². The largest absolute Gasteiger partial charge is 0.480 e. The maximum Gasteiger partial charge on any atom is 0.328 e. The molecule has 0 spiro atoms. The molecule has 1 aromatic rings. The molecule has 1 unspecified atom stereocenters. The van der Waals surface area contributed by atoms with Crippen LogP contribution in [0.5, 0.6) is 0 Å². The minimum Gasteiger partial charge on any atom is -0.480 e. The van der Waals surface area contributed by atoms with Gasteiger partial charge in [-0.3, -0.25) is 9.63 Å². The van der Waals surface area contributed by atoms with Gasteiger partial charge in [0.15, 0.2) is 6.04 Å². The van der Waals surface area contributed by atoms with Crippen LogP contribution in [0, 0.1) is 0 Å². The van der Waals surface area contributed by atoms with Crippen LogP contribution >= 0.6 is 0 Å². The summed E-state index contributed by atoms with van der Waals surface area (Å²) in [6, 6.07) is 8.38. The van der Waals surface area contributed by atoms with E-state index in [2.05, 4.69) is 6.92 Å². The third-order valence-electron chi connectivity index (χ3n) is 3.86. The molecule has 0 aliphatic heterocycles. The van der Waals surface area contributed by atoms with E-state index in [9.17, 15) is 14.7 Å². The summed E-state index contributed by atoms with van der Waals surface area (Å²) in [5, 5.41) is 11.1. The predicted molar refractivity (Wildman–Crippen MR) is 96.4 cm³/mol. The Morgan fingerprint density at radius 2 is 2.00 bits per heavy atom. The lowest BCUT2D eigenvalue weighted by atomic mass is 10.0. The first-order chi connectivity index (χ1) is 12.1. The lowest BCUT2D eigenvalue weighted by Crippen LogP contribution is -2.43. The second kappa shape index (κ2) is 12.4. The fourth-order valence-corrected chi connectivity index (χ4v) is 2.50. The van der Waals surface area contributed by atoms with Gasteiger partial charge in [0.2, 0.25) is 0 Å². The fourth-order valence-electron chi connectivity index (χ4n) is 2.50. The lowest BCUT2D eigenvalue weighted by Gasteiger charge is -2.28. The monoisotopic (exact) mass is 348 g/mol. The number of carbonyl (C=O) groups excluding carboxylic acids is 1. The minimum atomic E-state index is -1.13. The molecule has 0 fully saturated rings.